The molecule has 0 aliphatic heterocycles. The third kappa shape index (κ3) is 2.12. The normalized spacial score (nSPS) is 11.4. The van der Waals surface area contributed by atoms with E-state index in [1.165, 1.54) is 4.57 Å². The van der Waals surface area contributed by atoms with Gasteiger partial charge in [0.05, 0.1) is 29.3 Å². The first-order valence-corrected chi connectivity index (χ1v) is 7.61. The quantitative estimate of drug-likeness (QED) is 0.515. The zero-order chi connectivity index (χ0) is 16.8. The van der Waals surface area contributed by atoms with E-state index < -0.39 is 0 Å². The van der Waals surface area contributed by atoms with Gasteiger partial charge in [0.1, 0.15) is 0 Å². The first-order chi connectivity index (χ1) is 12.3. The fourth-order valence-corrected chi connectivity index (χ4v) is 2.84. The first kappa shape index (κ1) is 13.6. The Hall–Kier alpha value is -3.81. The standard InChI is InChI=1S/C17H11N7O/c25-17-22-15-16(21-14(9-19-15)10-3-5-18-6-4-10)24(17)12-2-1-11-8-20-23-13(11)7-12/h1-9H,(H,20,23)(H,19,22,25). The van der Waals surface area contributed by atoms with Gasteiger partial charge in [-0.15, -0.1) is 0 Å². The number of nitrogens with zero attached hydrogens (tertiary/aromatic N) is 5. The number of H-pyrrole nitrogens is 2. The van der Waals surface area contributed by atoms with Gasteiger partial charge in [-0.2, -0.15) is 5.10 Å². The molecule has 4 heterocycles. The lowest BCUT2D eigenvalue weighted by Gasteiger charge is -2.04. The van der Waals surface area contributed by atoms with Crippen LogP contribution < -0.4 is 5.69 Å². The van der Waals surface area contributed by atoms with Gasteiger partial charge in [0.15, 0.2) is 11.3 Å². The highest BCUT2D eigenvalue weighted by molar-refractivity contribution is 5.81. The third-order valence-electron chi connectivity index (χ3n) is 4.05. The number of aromatic nitrogens is 7. The number of pyridine rings is 1. The van der Waals surface area contributed by atoms with Crippen LogP contribution in [0.3, 0.4) is 0 Å². The molecule has 0 aliphatic rings. The summed E-state index contributed by atoms with van der Waals surface area (Å²) in [6, 6.07) is 9.31. The second-order valence-electron chi connectivity index (χ2n) is 5.57. The fraction of sp³-hybridized carbons (Fsp3) is 0. The summed E-state index contributed by atoms with van der Waals surface area (Å²) < 4.78 is 1.51. The summed E-state index contributed by atoms with van der Waals surface area (Å²) in [5.41, 5.74) is 3.71. The molecule has 120 valence electrons. The van der Waals surface area contributed by atoms with Crippen molar-refractivity contribution in [1.82, 2.24) is 34.7 Å². The average Bonchev–Trinajstić information content (AvgIpc) is 3.24. The van der Waals surface area contributed by atoms with Crippen LogP contribution in [0.15, 0.2) is 59.9 Å². The van der Waals surface area contributed by atoms with Gasteiger partial charge in [0.25, 0.3) is 0 Å². The van der Waals surface area contributed by atoms with Crippen molar-refractivity contribution >= 4 is 22.2 Å². The van der Waals surface area contributed by atoms with Crippen LogP contribution in [0.2, 0.25) is 0 Å². The second kappa shape index (κ2) is 5.10. The van der Waals surface area contributed by atoms with E-state index in [0.29, 0.717) is 22.7 Å². The van der Waals surface area contributed by atoms with Crippen molar-refractivity contribution in [2.24, 2.45) is 0 Å². The molecule has 0 fully saturated rings. The maximum absolute atomic E-state index is 12.5. The Labute approximate surface area is 140 Å². The van der Waals surface area contributed by atoms with Crippen molar-refractivity contribution in [3.05, 3.63) is 65.6 Å². The largest absolute Gasteiger partial charge is 0.333 e. The van der Waals surface area contributed by atoms with E-state index in [0.717, 1.165) is 16.5 Å². The lowest BCUT2D eigenvalue weighted by Crippen LogP contribution is -2.14. The summed E-state index contributed by atoms with van der Waals surface area (Å²) in [5, 5.41) is 7.89. The molecule has 0 atom stereocenters. The van der Waals surface area contributed by atoms with Crippen molar-refractivity contribution in [2.75, 3.05) is 0 Å². The minimum atomic E-state index is -0.291. The van der Waals surface area contributed by atoms with Crippen molar-refractivity contribution in [1.29, 1.82) is 0 Å². The van der Waals surface area contributed by atoms with E-state index in [4.69, 9.17) is 0 Å². The number of hydrogen-bond acceptors (Lipinski definition) is 5. The Morgan fingerprint density at radius 1 is 1.04 bits per heavy atom. The van der Waals surface area contributed by atoms with Gasteiger partial charge in [-0.25, -0.2) is 19.3 Å². The molecule has 0 amide bonds. The number of nitrogens with one attached hydrogen (secondary N) is 2. The molecule has 8 heteroatoms. The van der Waals surface area contributed by atoms with Crippen LogP contribution in [-0.2, 0) is 0 Å². The molecule has 0 unspecified atom stereocenters. The second-order valence-corrected chi connectivity index (χ2v) is 5.57. The van der Waals surface area contributed by atoms with Gasteiger partial charge in [-0.05, 0) is 30.3 Å². The topological polar surface area (TPSA) is 105 Å². The van der Waals surface area contributed by atoms with Crippen molar-refractivity contribution in [3.63, 3.8) is 0 Å². The molecule has 1 aromatic carbocycles. The van der Waals surface area contributed by atoms with Crippen molar-refractivity contribution in [2.45, 2.75) is 0 Å². The lowest BCUT2D eigenvalue weighted by molar-refractivity contribution is 1.00. The van der Waals surface area contributed by atoms with E-state index in [1.54, 1.807) is 24.8 Å². The number of rotatable bonds is 2. The maximum atomic E-state index is 12.5. The summed E-state index contributed by atoms with van der Waals surface area (Å²) in [6.07, 6.45) is 6.75. The van der Waals surface area contributed by atoms with Crippen LogP contribution in [0.5, 0.6) is 0 Å². The Morgan fingerprint density at radius 3 is 2.80 bits per heavy atom. The van der Waals surface area contributed by atoms with Gasteiger partial charge < -0.3 is 0 Å². The van der Waals surface area contributed by atoms with Crippen LogP contribution in [0.25, 0.3) is 39.1 Å². The van der Waals surface area contributed by atoms with Crippen LogP contribution in [0.4, 0.5) is 0 Å². The van der Waals surface area contributed by atoms with Gasteiger partial charge >= 0.3 is 5.69 Å². The summed E-state index contributed by atoms with van der Waals surface area (Å²) in [7, 11) is 0. The zero-order valence-electron chi connectivity index (χ0n) is 12.8. The van der Waals surface area contributed by atoms with E-state index in [2.05, 4.69) is 30.1 Å². The minimum Gasteiger partial charge on any atom is -0.288 e. The molecule has 25 heavy (non-hydrogen) atoms. The predicted molar refractivity (Wildman–Crippen MR) is 92.4 cm³/mol. The molecule has 2 N–H and O–H groups in total. The molecular weight excluding hydrogens is 318 g/mol. The Balaban J connectivity index is 1.76. The van der Waals surface area contributed by atoms with Gasteiger partial charge in [0.2, 0.25) is 0 Å². The summed E-state index contributed by atoms with van der Waals surface area (Å²) in [6.45, 7) is 0. The molecule has 0 spiro atoms. The number of imidazole rings is 1. The monoisotopic (exact) mass is 329 g/mol. The van der Waals surface area contributed by atoms with Crippen molar-refractivity contribution < 1.29 is 0 Å². The van der Waals surface area contributed by atoms with Gasteiger partial charge in [-0.1, -0.05) is 0 Å². The number of benzene rings is 1. The molecule has 0 aliphatic carbocycles. The van der Waals surface area contributed by atoms with E-state index in [1.807, 2.05) is 30.3 Å². The summed E-state index contributed by atoms with van der Waals surface area (Å²) >= 11 is 0. The van der Waals surface area contributed by atoms with E-state index in [9.17, 15) is 4.79 Å². The highest BCUT2D eigenvalue weighted by Gasteiger charge is 2.13. The number of fused-ring (bicyclic) bond motifs is 2. The van der Waals surface area contributed by atoms with Crippen LogP contribution in [-0.4, -0.2) is 34.7 Å². The number of hydrogen-bond donors (Lipinski definition) is 2. The van der Waals surface area contributed by atoms with E-state index >= 15 is 0 Å². The zero-order valence-corrected chi connectivity index (χ0v) is 12.8. The Morgan fingerprint density at radius 2 is 1.92 bits per heavy atom. The average molecular weight is 329 g/mol. The van der Waals surface area contributed by atoms with Gasteiger partial charge in [-0.3, -0.25) is 15.1 Å². The number of aromatic amines is 2. The van der Waals surface area contributed by atoms with Crippen LogP contribution in [0.1, 0.15) is 0 Å². The highest BCUT2D eigenvalue weighted by atomic mass is 16.1. The molecule has 0 saturated carbocycles. The van der Waals surface area contributed by atoms with Crippen LogP contribution in [0, 0.1) is 0 Å². The lowest BCUT2D eigenvalue weighted by atomic mass is 10.2. The predicted octanol–water partition coefficient (Wildman–Crippen LogP) is 2.05. The first-order valence-electron chi connectivity index (χ1n) is 7.61. The molecule has 5 rings (SSSR count). The summed E-state index contributed by atoms with van der Waals surface area (Å²) in [4.78, 5) is 28.2. The molecule has 0 radical (unpaired) electrons. The summed E-state index contributed by atoms with van der Waals surface area (Å²) in [5.74, 6) is 0. The minimum absolute atomic E-state index is 0.291. The molecule has 8 nitrogen and oxygen atoms in total. The molecule has 0 saturated heterocycles. The SMILES string of the molecule is O=c1[nH]c2ncc(-c3ccncc3)nc2n1-c1ccc2cn[nH]c2c1. The third-order valence-corrected chi connectivity index (χ3v) is 4.05. The smallest absolute Gasteiger partial charge is 0.288 e. The fourth-order valence-electron chi connectivity index (χ4n) is 2.84. The molecule has 4 aromatic heterocycles. The maximum Gasteiger partial charge on any atom is 0.333 e. The Kier molecular flexibility index (Phi) is 2.78. The molecule has 5 aromatic rings. The highest BCUT2D eigenvalue weighted by Crippen LogP contribution is 2.20. The van der Waals surface area contributed by atoms with Crippen LogP contribution >= 0.6 is 0 Å². The molecule has 0 bridgehead atoms. The van der Waals surface area contributed by atoms with Crippen molar-refractivity contribution in [3.8, 4) is 16.9 Å². The van der Waals surface area contributed by atoms with E-state index in [-0.39, 0.29) is 5.69 Å². The van der Waals surface area contributed by atoms with Gasteiger partial charge in [0, 0.05) is 23.3 Å². The Bertz CT molecular complexity index is 1270. The molecular formula is C17H11N7O.